The van der Waals surface area contributed by atoms with Crippen molar-refractivity contribution < 1.29 is 25.2 Å². The molecule has 0 rings (SSSR count). The Hall–Kier alpha value is -1.47. The number of aliphatic hydroxyl groups is 4. The van der Waals surface area contributed by atoms with Crippen molar-refractivity contribution in [2.45, 2.75) is 173 Å². The minimum atomic E-state index is -1.28. The third-order valence-corrected chi connectivity index (χ3v) is 7.60. The molecule has 0 aromatic rings. The Morgan fingerprint density at radius 3 is 1.66 bits per heavy atom. The molecule has 0 aromatic carbocycles. The van der Waals surface area contributed by atoms with E-state index in [1.54, 1.807) is 0 Å². The molecular weight excluding hydrogens is 514 g/mol. The smallest absolute Gasteiger partial charge is 0.249 e. The maximum atomic E-state index is 12.4. The van der Waals surface area contributed by atoms with Gasteiger partial charge in [-0.2, -0.15) is 0 Å². The highest BCUT2D eigenvalue weighted by Gasteiger charge is 2.28. The number of hydrogen-bond donors (Lipinski definition) is 5. The third kappa shape index (κ3) is 24.8. The van der Waals surface area contributed by atoms with Crippen LogP contribution in [0.15, 0.2) is 36.5 Å². The second kappa shape index (κ2) is 30.0. The lowest BCUT2D eigenvalue weighted by Crippen LogP contribution is -2.53. The molecule has 240 valence electrons. The van der Waals surface area contributed by atoms with Gasteiger partial charge in [0.1, 0.15) is 12.2 Å². The highest BCUT2D eigenvalue weighted by Crippen LogP contribution is 2.13. The Bertz CT molecular complexity index is 663. The lowest BCUT2D eigenvalue weighted by atomic mass is 10.00. The second-order valence-corrected chi connectivity index (χ2v) is 11.5. The monoisotopic (exact) mass is 579 g/mol. The minimum Gasteiger partial charge on any atom is -0.394 e. The summed E-state index contributed by atoms with van der Waals surface area (Å²) in [7, 11) is 0. The molecule has 41 heavy (non-hydrogen) atoms. The molecule has 0 aliphatic carbocycles. The van der Waals surface area contributed by atoms with Crippen molar-refractivity contribution in [1.82, 2.24) is 5.32 Å². The quantitative estimate of drug-likeness (QED) is 0.0359. The number of rotatable bonds is 29. The normalized spacial score (nSPS) is 15.2. The van der Waals surface area contributed by atoms with Gasteiger partial charge in [-0.15, -0.1) is 0 Å². The molecule has 0 aliphatic heterocycles. The van der Waals surface area contributed by atoms with E-state index in [1.807, 2.05) is 0 Å². The molecule has 6 nitrogen and oxygen atoms in total. The fraction of sp³-hybridized carbons (Fsp3) is 0.800. The highest BCUT2D eigenvalue weighted by molar-refractivity contribution is 5.80. The number of allylic oxidation sites excluding steroid dienone is 6. The largest absolute Gasteiger partial charge is 0.394 e. The van der Waals surface area contributed by atoms with Crippen LogP contribution in [0.1, 0.15) is 149 Å². The van der Waals surface area contributed by atoms with Crippen LogP contribution in [0.25, 0.3) is 0 Å². The van der Waals surface area contributed by atoms with Crippen LogP contribution in [0.3, 0.4) is 0 Å². The Labute approximate surface area is 252 Å². The maximum absolute atomic E-state index is 12.4. The first-order valence-corrected chi connectivity index (χ1v) is 16.9. The van der Waals surface area contributed by atoms with Crippen LogP contribution in [0.4, 0.5) is 0 Å². The highest BCUT2D eigenvalue weighted by atomic mass is 16.3. The molecule has 0 saturated heterocycles. The fourth-order valence-corrected chi connectivity index (χ4v) is 4.80. The molecule has 6 heteroatoms. The summed E-state index contributed by atoms with van der Waals surface area (Å²) in [5.41, 5.74) is 0. The molecule has 0 fully saturated rings. The van der Waals surface area contributed by atoms with Gasteiger partial charge in [-0.3, -0.25) is 4.79 Å². The van der Waals surface area contributed by atoms with Crippen LogP contribution < -0.4 is 5.32 Å². The molecule has 0 spiro atoms. The van der Waals surface area contributed by atoms with Gasteiger partial charge in [0.15, 0.2) is 0 Å². The summed E-state index contributed by atoms with van der Waals surface area (Å²) in [4.78, 5) is 12.4. The van der Waals surface area contributed by atoms with Gasteiger partial charge in [0, 0.05) is 0 Å². The average molecular weight is 580 g/mol. The summed E-state index contributed by atoms with van der Waals surface area (Å²) in [5, 5.41) is 43.2. The first kappa shape index (κ1) is 39.5. The van der Waals surface area contributed by atoms with E-state index in [-0.39, 0.29) is 0 Å². The minimum absolute atomic E-state index is 0.344. The van der Waals surface area contributed by atoms with Crippen LogP contribution in [0.2, 0.25) is 0 Å². The Kier molecular flexibility index (Phi) is 28.9. The summed E-state index contributed by atoms with van der Waals surface area (Å²) >= 11 is 0. The number of carbonyl (C=O) groups excluding carboxylic acids is 1. The summed E-state index contributed by atoms with van der Waals surface area (Å²) in [5.74, 6) is -0.610. The lowest BCUT2D eigenvalue weighted by Gasteiger charge is -2.27. The van der Waals surface area contributed by atoms with Crippen molar-refractivity contribution in [2.24, 2.45) is 0 Å². The van der Waals surface area contributed by atoms with Gasteiger partial charge in [-0.05, 0) is 64.2 Å². The molecule has 4 atom stereocenters. The van der Waals surface area contributed by atoms with Crippen molar-refractivity contribution in [3.8, 4) is 0 Å². The van der Waals surface area contributed by atoms with Gasteiger partial charge in [0.25, 0.3) is 0 Å². The molecule has 1 amide bonds. The predicted octanol–water partition coefficient (Wildman–Crippen LogP) is 7.45. The van der Waals surface area contributed by atoms with E-state index >= 15 is 0 Å². The summed E-state index contributed by atoms with van der Waals surface area (Å²) in [6.07, 6.45) is 31.6. The topological polar surface area (TPSA) is 110 Å². The number of amides is 1. The van der Waals surface area contributed by atoms with Crippen LogP contribution in [-0.4, -0.2) is 57.3 Å². The molecular formula is C35H65NO5. The number of hydrogen-bond acceptors (Lipinski definition) is 5. The second-order valence-electron chi connectivity index (χ2n) is 11.5. The summed E-state index contributed by atoms with van der Waals surface area (Å²) in [6.45, 7) is 3.94. The zero-order valence-corrected chi connectivity index (χ0v) is 26.5. The standard InChI is InChI=1S/C35H65NO5/c1-3-5-7-9-11-13-15-16-17-19-21-23-25-27-29-33(39)35(41)36-31(30-37)34(40)32(38)28-26-24-22-20-18-14-12-10-8-6-4-2/h11,13,15-16,20,22,31-34,37-40H,3-10,12,14,17-19,21,23-30H2,1-2H3,(H,36,41)/b13-11-,16-15-,22-20+. The first-order valence-electron chi connectivity index (χ1n) is 16.9. The van der Waals surface area contributed by atoms with E-state index in [4.69, 9.17) is 0 Å². The van der Waals surface area contributed by atoms with E-state index in [2.05, 4.69) is 55.6 Å². The Morgan fingerprint density at radius 2 is 1.07 bits per heavy atom. The van der Waals surface area contributed by atoms with E-state index in [9.17, 15) is 25.2 Å². The van der Waals surface area contributed by atoms with Gasteiger partial charge >= 0.3 is 0 Å². The fourth-order valence-electron chi connectivity index (χ4n) is 4.80. The van der Waals surface area contributed by atoms with Gasteiger partial charge in [-0.1, -0.05) is 121 Å². The van der Waals surface area contributed by atoms with Crippen LogP contribution in [-0.2, 0) is 4.79 Å². The zero-order valence-electron chi connectivity index (χ0n) is 26.5. The average Bonchev–Trinajstić information content (AvgIpc) is 2.98. The van der Waals surface area contributed by atoms with E-state index < -0.39 is 36.9 Å². The SMILES string of the molecule is CCCCC/C=C\C=C/CCCCCCCC(O)C(=O)NC(CO)C(O)C(O)CCC/C=C/CCCCCCCC. The first-order chi connectivity index (χ1) is 20.0. The van der Waals surface area contributed by atoms with Gasteiger partial charge in [-0.25, -0.2) is 0 Å². The van der Waals surface area contributed by atoms with Crippen molar-refractivity contribution in [2.75, 3.05) is 6.61 Å². The van der Waals surface area contributed by atoms with E-state index in [1.165, 1.54) is 57.8 Å². The van der Waals surface area contributed by atoms with Gasteiger partial charge < -0.3 is 25.7 Å². The van der Waals surface area contributed by atoms with Crippen molar-refractivity contribution >= 4 is 5.91 Å². The molecule has 5 N–H and O–H groups in total. The molecule has 0 aromatic heterocycles. The molecule has 0 heterocycles. The lowest BCUT2D eigenvalue weighted by molar-refractivity contribution is -0.132. The Morgan fingerprint density at radius 1 is 0.610 bits per heavy atom. The molecule has 0 aliphatic rings. The van der Waals surface area contributed by atoms with Gasteiger partial charge in [0.05, 0.1) is 18.8 Å². The number of nitrogens with one attached hydrogen (secondary N) is 1. The van der Waals surface area contributed by atoms with Gasteiger partial charge in [0.2, 0.25) is 5.91 Å². The van der Waals surface area contributed by atoms with Crippen molar-refractivity contribution in [3.63, 3.8) is 0 Å². The van der Waals surface area contributed by atoms with Crippen LogP contribution in [0, 0.1) is 0 Å². The predicted molar refractivity (Wildman–Crippen MR) is 173 cm³/mol. The summed E-state index contributed by atoms with van der Waals surface area (Å²) in [6, 6.07) is -1.00. The van der Waals surface area contributed by atoms with Crippen LogP contribution >= 0.6 is 0 Å². The number of aliphatic hydroxyl groups excluding tert-OH is 4. The molecule has 4 unspecified atom stereocenters. The van der Waals surface area contributed by atoms with E-state index in [0.29, 0.717) is 19.3 Å². The zero-order chi connectivity index (χ0) is 30.4. The number of unbranched alkanes of at least 4 members (excludes halogenated alkanes) is 15. The van der Waals surface area contributed by atoms with Crippen molar-refractivity contribution in [3.05, 3.63) is 36.5 Å². The molecule has 0 bridgehead atoms. The maximum Gasteiger partial charge on any atom is 0.249 e. The molecule has 0 radical (unpaired) electrons. The molecule has 0 saturated carbocycles. The third-order valence-electron chi connectivity index (χ3n) is 7.60. The number of carbonyl (C=O) groups is 1. The Balaban J connectivity index is 3.96. The van der Waals surface area contributed by atoms with Crippen LogP contribution in [0.5, 0.6) is 0 Å². The summed E-state index contributed by atoms with van der Waals surface area (Å²) < 4.78 is 0. The van der Waals surface area contributed by atoms with Crippen molar-refractivity contribution in [1.29, 1.82) is 0 Å². The van der Waals surface area contributed by atoms with E-state index in [0.717, 1.165) is 57.8 Å².